The van der Waals surface area contributed by atoms with Gasteiger partial charge in [-0.2, -0.15) is 5.10 Å². The van der Waals surface area contributed by atoms with Crippen molar-refractivity contribution in [2.24, 2.45) is 5.10 Å². The fraction of sp³-hybridized carbons (Fsp3) is 0.130. The van der Waals surface area contributed by atoms with Gasteiger partial charge in [0.05, 0.1) is 18.2 Å². The maximum Gasteiger partial charge on any atom is 0.260 e. The topological polar surface area (TPSA) is 88.1 Å². The van der Waals surface area contributed by atoms with Crippen LogP contribution in [0.2, 0.25) is 5.02 Å². The van der Waals surface area contributed by atoms with Crippen LogP contribution in [0.4, 0.5) is 5.69 Å². The summed E-state index contributed by atoms with van der Waals surface area (Å²) >= 11 is 9.18. The molecule has 0 atom stereocenters. The van der Waals surface area contributed by atoms with Crippen LogP contribution in [0.5, 0.6) is 5.75 Å². The lowest BCUT2D eigenvalue weighted by Crippen LogP contribution is -2.39. The maximum atomic E-state index is 12.3. The van der Waals surface area contributed by atoms with Gasteiger partial charge in [0.15, 0.2) is 0 Å². The van der Waals surface area contributed by atoms with Crippen LogP contribution in [0, 0.1) is 0 Å². The highest BCUT2D eigenvalue weighted by molar-refractivity contribution is 9.10. The highest BCUT2D eigenvalue weighted by Gasteiger charge is 2.20. The van der Waals surface area contributed by atoms with Crippen molar-refractivity contribution in [2.75, 3.05) is 17.1 Å². The molecule has 10 heteroatoms. The zero-order chi connectivity index (χ0) is 23.8. The van der Waals surface area contributed by atoms with E-state index in [0.29, 0.717) is 27.5 Å². The highest BCUT2D eigenvalue weighted by atomic mass is 79.9. The lowest BCUT2D eigenvalue weighted by molar-refractivity contribution is -0.119. The first-order chi connectivity index (χ1) is 15.7. The van der Waals surface area contributed by atoms with Gasteiger partial charge >= 0.3 is 0 Å². The van der Waals surface area contributed by atoms with Gasteiger partial charge in [0.2, 0.25) is 10.0 Å². The van der Waals surface area contributed by atoms with Crippen molar-refractivity contribution >= 4 is 55.4 Å². The molecule has 3 aromatic rings. The minimum Gasteiger partial charge on any atom is -0.489 e. The fourth-order valence-electron chi connectivity index (χ4n) is 2.77. The highest BCUT2D eigenvalue weighted by Crippen LogP contribution is 2.22. The van der Waals surface area contributed by atoms with Crippen LogP contribution in [0.1, 0.15) is 11.1 Å². The summed E-state index contributed by atoms with van der Waals surface area (Å²) < 4.78 is 31.7. The average molecular weight is 551 g/mol. The van der Waals surface area contributed by atoms with Crippen molar-refractivity contribution in [1.82, 2.24) is 5.43 Å². The van der Waals surface area contributed by atoms with Gasteiger partial charge < -0.3 is 4.74 Å². The van der Waals surface area contributed by atoms with Gasteiger partial charge in [-0.25, -0.2) is 13.8 Å². The number of amides is 1. The van der Waals surface area contributed by atoms with Gasteiger partial charge in [0.1, 0.15) is 18.9 Å². The third-order valence-corrected chi connectivity index (χ3v) is 6.27. The van der Waals surface area contributed by atoms with E-state index < -0.39 is 22.5 Å². The van der Waals surface area contributed by atoms with Gasteiger partial charge in [-0.15, -0.1) is 0 Å². The van der Waals surface area contributed by atoms with Gasteiger partial charge in [-0.1, -0.05) is 45.7 Å². The Kier molecular flexibility index (Phi) is 8.49. The van der Waals surface area contributed by atoms with Crippen molar-refractivity contribution < 1.29 is 17.9 Å². The molecule has 0 aromatic heterocycles. The Morgan fingerprint density at radius 2 is 1.82 bits per heavy atom. The summed E-state index contributed by atoms with van der Waals surface area (Å²) in [7, 11) is -3.66. The Morgan fingerprint density at radius 1 is 1.12 bits per heavy atom. The molecule has 0 saturated carbocycles. The zero-order valence-electron chi connectivity index (χ0n) is 17.6. The standard InChI is InChI=1S/C23H21BrClN3O4S/c1-33(30,31)28(21-4-2-3-19(24)13-21)15-23(29)27-26-14-17-7-11-22(12-8-17)32-16-18-5-9-20(25)10-6-18/h2-14H,15-16H2,1H3,(H,27,29)/b26-14-. The van der Waals surface area contributed by atoms with Crippen molar-refractivity contribution in [3.63, 3.8) is 0 Å². The Morgan fingerprint density at radius 3 is 2.45 bits per heavy atom. The molecule has 0 spiro atoms. The lowest BCUT2D eigenvalue weighted by Gasteiger charge is -2.21. The number of hydrogen-bond acceptors (Lipinski definition) is 5. The molecule has 0 bridgehead atoms. The number of benzene rings is 3. The summed E-state index contributed by atoms with van der Waals surface area (Å²) in [5, 5.41) is 4.58. The Hall–Kier alpha value is -2.88. The number of sulfonamides is 1. The van der Waals surface area contributed by atoms with E-state index in [4.69, 9.17) is 16.3 Å². The summed E-state index contributed by atoms with van der Waals surface area (Å²) in [6, 6.07) is 21.3. The molecule has 0 heterocycles. The first kappa shape index (κ1) is 24.8. The monoisotopic (exact) mass is 549 g/mol. The molecule has 1 N–H and O–H groups in total. The molecular formula is C23H21BrClN3O4S. The number of rotatable bonds is 9. The van der Waals surface area contributed by atoms with E-state index in [0.717, 1.165) is 21.7 Å². The predicted molar refractivity (Wildman–Crippen MR) is 134 cm³/mol. The molecular weight excluding hydrogens is 530 g/mol. The van der Waals surface area contributed by atoms with E-state index in [1.807, 2.05) is 24.3 Å². The van der Waals surface area contributed by atoms with Crippen molar-refractivity contribution in [3.8, 4) is 5.75 Å². The minimum atomic E-state index is -3.66. The van der Waals surface area contributed by atoms with E-state index in [-0.39, 0.29) is 0 Å². The SMILES string of the molecule is CS(=O)(=O)N(CC(=O)N/N=C\c1ccc(OCc2ccc(Cl)cc2)cc1)c1cccc(Br)c1. The minimum absolute atomic E-state index is 0.375. The van der Waals surface area contributed by atoms with Crippen molar-refractivity contribution in [3.05, 3.63) is 93.4 Å². The second-order valence-electron chi connectivity index (χ2n) is 7.03. The molecule has 3 aromatic carbocycles. The van der Waals surface area contributed by atoms with Crippen LogP contribution in [0.25, 0.3) is 0 Å². The predicted octanol–water partition coefficient (Wildman–Crippen LogP) is 4.60. The van der Waals surface area contributed by atoms with Gasteiger partial charge in [-0.3, -0.25) is 9.10 Å². The quantitative estimate of drug-likeness (QED) is 0.312. The molecule has 0 unspecified atom stereocenters. The smallest absolute Gasteiger partial charge is 0.260 e. The summed E-state index contributed by atoms with van der Waals surface area (Å²) in [5.74, 6) is 0.114. The Bertz CT molecular complexity index is 1230. The number of nitrogens with zero attached hydrogens (tertiary/aromatic N) is 2. The summed E-state index contributed by atoms with van der Waals surface area (Å²) in [5.41, 5.74) is 4.47. The first-order valence-corrected chi connectivity index (χ1v) is 12.7. The number of halogens is 2. The molecule has 0 radical (unpaired) electrons. The number of ether oxygens (including phenoxy) is 1. The lowest BCUT2D eigenvalue weighted by atomic mass is 10.2. The average Bonchev–Trinajstić information content (AvgIpc) is 2.77. The Balaban J connectivity index is 1.54. The summed E-state index contributed by atoms with van der Waals surface area (Å²) in [4.78, 5) is 12.3. The maximum absolute atomic E-state index is 12.3. The third kappa shape index (κ3) is 7.88. The van der Waals surface area contributed by atoms with Crippen LogP contribution in [0.15, 0.2) is 82.4 Å². The molecule has 0 fully saturated rings. The first-order valence-electron chi connectivity index (χ1n) is 9.73. The molecule has 1 amide bonds. The molecule has 0 saturated heterocycles. The van der Waals surface area contributed by atoms with Crippen molar-refractivity contribution in [2.45, 2.75) is 6.61 Å². The van der Waals surface area contributed by atoms with Gasteiger partial charge in [0.25, 0.3) is 5.91 Å². The van der Waals surface area contributed by atoms with Crippen LogP contribution in [0.3, 0.4) is 0 Å². The van der Waals surface area contributed by atoms with E-state index in [1.54, 1.807) is 48.5 Å². The Labute approximate surface area is 206 Å². The van der Waals surface area contributed by atoms with Gasteiger partial charge in [0, 0.05) is 9.50 Å². The second kappa shape index (κ2) is 11.3. The molecule has 0 aliphatic carbocycles. The molecule has 0 aliphatic heterocycles. The van der Waals surface area contributed by atoms with E-state index in [1.165, 1.54) is 6.21 Å². The van der Waals surface area contributed by atoms with Crippen LogP contribution < -0.4 is 14.5 Å². The van der Waals surface area contributed by atoms with Crippen LogP contribution >= 0.6 is 27.5 Å². The summed E-state index contributed by atoms with van der Waals surface area (Å²) in [6.45, 7) is 0.0135. The number of carbonyl (C=O) groups is 1. The zero-order valence-corrected chi connectivity index (χ0v) is 20.8. The van der Waals surface area contributed by atoms with Crippen LogP contribution in [-0.4, -0.2) is 33.3 Å². The molecule has 172 valence electrons. The fourth-order valence-corrected chi connectivity index (χ4v) is 4.13. The summed E-state index contributed by atoms with van der Waals surface area (Å²) in [6.07, 6.45) is 2.51. The largest absolute Gasteiger partial charge is 0.489 e. The van der Waals surface area contributed by atoms with Crippen molar-refractivity contribution in [1.29, 1.82) is 0 Å². The van der Waals surface area contributed by atoms with E-state index in [9.17, 15) is 13.2 Å². The van der Waals surface area contributed by atoms with E-state index >= 15 is 0 Å². The second-order valence-corrected chi connectivity index (χ2v) is 10.3. The van der Waals surface area contributed by atoms with Gasteiger partial charge in [-0.05, 0) is 65.7 Å². The number of hydrogen-bond donors (Lipinski definition) is 1. The number of anilines is 1. The number of carbonyl (C=O) groups excluding carboxylic acids is 1. The van der Waals surface area contributed by atoms with E-state index in [2.05, 4.69) is 26.5 Å². The van der Waals surface area contributed by atoms with Crippen LogP contribution in [-0.2, 0) is 21.4 Å². The molecule has 3 rings (SSSR count). The number of hydrazone groups is 1. The molecule has 7 nitrogen and oxygen atoms in total. The number of nitrogens with one attached hydrogen (secondary N) is 1. The molecule has 0 aliphatic rings. The molecule has 33 heavy (non-hydrogen) atoms. The normalized spacial score (nSPS) is 11.4. The third-order valence-electron chi connectivity index (χ3n) is 4.39.